The second kappa shape index (κ2) is 8.14. The van der Waals surface area contributed by atoms with Crippen molar-refractivity contribution in [2.24, 2.45) is 5.41 Å². The highest BCUT2D eigenvalue weighted by atomic mass is 19.4. The third kappa shape index (κ3) is 3.85. The van der Waals surface area contributed by atoms with Crippen molar-refractivity contribution in [3.05, 3.63) is 71.6 Å². The largest absolute Gasteiger partial charge is 0.481 e. The first kappa shape index (κ1) is 25.4. The Morgan fingerprint density at radius 3 is 2.22 bits per heavy atom. The van der Waals surface area contributed by atoms with Gasteiger partial charge in [0.25, 0.3) is 5.92 Å². The molecule has 6 rings (SSSR count). The van der Waals surface area contributed by atoms with E-state index in [1.807, 2.05) is 0 Å². The number of ether oxygens (including phenoxy) is 1. The van der Waals surface area contributed by atoms with Crippen LogP contribution in [0.5, 0.6) is 5.75 Å². The van der Waals surface area contributed by atoms with Gasteiger partial charge in [0.15, 0.2) is 11.7 Å². The van der Waals surface area contributed by atoms with Crippen LogP contribution in [0.2, 0.25) is 0 Å². The van der Waals surface area contributed by atoms with Gasteiger partial charge in [0.1, 0.15) is 23.7 Å². The number of rotatable bonds is 8. The highest BCUT2D eigenvalue weighted by molar-refractivity contribution is 5.44. The number of aromatic nitrogens is 4. The van der Waals surface area contributed by atoms with Crippen LogP contribution in [0.15, 0.2) is 48.8 Å². The molecule has 3 aliphatic rings. The fourth-order valence-corrected chi connectivity index (χ4v) is 5.69. The van der Waals surface area contributed by atoms with Crippen molar-refractivity contribution >= 4 is 0 Å². The lowest BCUT2D eigenvalue weighted by molar-refractivity contribution is -0.347. The molecule has 37 heavy (non-hydrogen) atoms. The van der Waals surface area contributed by atoms with E-state index in [9.17, 15) is 27.1 Å². The summed E-state index contributed by atoms with van der Waals surface area (Å²) in [5.41, 5.74) is -5.58. The Balaban J connectivity index is 1.39. The predicted octanol–water partition coefficient (Wildman–Crippen LogP) is 4.93. The molecule has 0 spiro atoms. The zero-order valence-corrected chi connectivity index (χ0v) is 19.3. The summed E-state index contributed by atoms with van der Waals surface area (Å²) < 4.78 is 105. The maximum Gasteiger partial charge on any atom is 0.425 e. The van der Waals surface area contributed by atoms with Crippen molar-refractivity contribution in [2.45, 2.75) is 61.9 Å². The molecule has 1 aromatic heterocycles. The number of benzene rings is 2. The molecule has 2 bridgehead atoms. The van der Waals surface area contributed by atoms with Gasteiger partial charge < -0.3 is 9.84 Å². The van der Waals surface area contributed by atoms with Crippen LogP contribution in [0.1, 0.15) is 37.3 Å². The number of hydrogen-bond donors (Lipinski definition) is 1. The first-order chi connectivity index (χ1) is 17.2. The van der Waals surface area contributed by atoms with E-state index in [0.29, 0.717) is 11.6 Å². The molecule has 0 radical (unpaired) electrons. The van der Waals surface area contributed by atoms with Crippen molar-refractivity contribution in [1.82, 2.24) is 20.2 Å². The van der Waals surface area contributed by atoms with Crippen LogP contribution >= 0.6 is 0 Å². The van der Waals surface area contributed by atoms with E-state index < -0.39 is 58.4 Å². The Hall–Kier alpha value is -3.22. The van der Waals surface area contributed by atoms with E-state index in [4.69, 9.17) is 4.74 Å². The number of halogens is 7. The molecule has 3 fully saturated rings. The molecule has 0 amide bonds. The minimum atomic E-state index is -4.53. The SMILES string of the molecule is CC(Oc1ccc(C23CC(C(F)(F)C(O)(Cn4cnnn4)c4ccc(F)cc4F)(C2)C3)cc1)C(F)(F)F. The maximum atomic E-state index is 16.2. The van der Waals surface area contributed by atoms with Gasteiger partial charge in [0.2, 0.25) is 0 Å². The Bertz CT molecular complexity index is 1280. The van der Waals surface area contributed by atoms with E-state index in [2.05, 4.69) is 15.5 Å². The van der Waals surface area contributed by atoms with Crippen LogP contribution < -0.4 is 4.74 Å². The monoisotopic (exact) mass is 530 g/mol. The van der Waals surface area contributed by atoms with Crippen LogP contribution in [0.25, 0.3) is 0 Å². The van der Waals surface area contributed by atoms with Crippen molar-refractivity contribution in [2.75, 3.05) is 0 Å². The lowest BCUT2D eigenvalue weighted by Gasteiger charge is -2.74. The Kier molecular flexibility index (Phi) is 5.59. The van der Waals surface area contributed by atoms with Gasteiger partial charge in [0, 0.05) is 17.0 Å². The normalized spacial score (nSPS) is 25.5. The summed E-state index contributed by atoms with van der Waals surface area (Å²) in [5.74, 6) is -6.21. The van der Waals surface area contributed by atoms with Gasteiger partial charge in [-0.15, -0.1) is 5.10 Å². The molecule has 2 unspecified atom stereocenters. The summed E-state index contributed by atoms with van der Waals surface area (Å²) in [6.07, 6.45) is -5.70. The quantitative estimate of drug-likeness (QED) is 0.419. The Morgan fingerprint density at radius 1 is 1.03 bits per heavy atom. The molecule has 3 aliphatic carbocycles. The van der Waals surface area contributed by atoms with Crippen LogP contribution in [-0.4, -0.2) is 43.5 Å². The molecule has 6 nitrogen and oxygen atoms in total. The van der Waals surface area contributed by atoms with Gasteiger partial charge in [-0.1, -0.05) is 12.1 Å². The fourth-order valence-electron chi connectivity index (χ4n) is 5.69. The molecular formula is C24H21F7N4O2. The summed E-state index contributed by atoms with van der Waals surface area (Å²) in [6, 6.07) is 7.76. The van der Waals surface area contributed by atoms with E-state index in [1.54, 1.807) is 0 Å². The summed E-state index contributed by atoms with van der Waals surface area (Å²) >= 11 is 0. The Morgan fingerprint density at radius 2 is 1.68 bits per heavy atom. The summed E-state index contributed by atoms with van der Waals surface area (Å²) in [5, 5.41) is 21.6. The first-order valence-corrected chi connectivity index (χ1v) is 11.3. The van der Waals surface area contributed by atoms with Gasteiger partial charge in [-0.3, -0.25) is 0 Å². The number of tetrazole rings is 1. The van der Waals surface area contributed by atoms with Crippen LogP contribution in [0, 0.1) is 17.0 Å². The molecule has 198 valence electrons. The molecule has 2 aromatic carbocycles. The van der Waals surface area contributed by atoms with Crippen molar-refractivity contribution in [3.8, 4) is 5.75 Å². The molecule has 1 N–H and O–H groups in total. The Labute approximate surface area is 206 Å². The zero-order valence-electron chi connectivity index (χ0n) is 19.3. The third-order valence-electron chi connectivity index (χ3n) is 7.62. The number of alkyl halides is 5. The highest BCUT2D eigenvalue weighted by Crippen LogP contribution is 2.80. The standard InChI is InChI=1S/C24H21F7N4O2/c1-14(23(27,28)29)37-17-5-2-15(3-6-17)20-9-21(10-20,11-20)24(30,31)22(36,12-35-13-32-33-34-35)18-7-4-16(25)8-19(18)26/h2-8,13-14,36H,9-12H2,1H3. The van der Waals surface area contributed by atoms with Gasteiger partial charge >= 0.3 is 6.18 Å². The van der Waals surface area contributed by atoms with Crippen LogP contribution in [-0.2, 0) is 17.6 Å². The average Bonchev–Trinajstić information content (AvgIpc) is 3.24. The average molecular weight is 530 g/mol. The van der Waals surface area contributed by atoms with Gasteiger partial charge in [-0.05, 0) is 71.9 Å². The molecule has 1 heterocycles. The summed E-state index contributed by atoms with van der Waals surface area (Å²) in [7, 11) is 0. The minimum absolute atomic E-state index is 0.0113. The predicted molar refractivity (Wildman–Crippen MR) is 114 cm³/mol. The van der Waals surface area contributed by atoms with Crippen LogP contribution in [0.4, 0.5) is 30.7 Å². The second-order valence-electron chi connectivity index (χ2n) is 9.98. The van der Waals surface area contributed by atoms with Gasteiger partial charge in [0.05, 0.1) is 6.54 Å². The van der Waals surface area contributed by atoms with E-state index >= 15 is 8.78 Å². The second-order valence-corrected chi connectivity index (χ2v) is 9.98. The highest BCUT2D eigenvalue weighted by Gasteiger charge is 2.82. The number of aliphatic hydroxyl groups is 1. The third-order valence-corrected chi connectivity index (χ3v) is 7.62. The summed E-state index contributed by atoms with van der Waals surface area (Å²) in [4.78, 5) is 0. The van der Waals surface area contributed by atoms with Crippen molar-refractivity contribution < 1.29 is 40.6 Å². The first-order valence-electron chi connectivity index (χ1n) is 11.3. The molecule has 0 aliphatic heterocycles. The van der Waals surface area contributed by atoms with E-state index in [0.717, 1.165) is 30.1 Å². The van der Waals surface area contributed by atoms with Crippen molar-refractivity contribution in [3.63, 3.8) is 0 Å². The molecule has 0 saturated heterocycles. The van der Waals surface area contributed by atoms with E-state index in [1.165, 1.54) is 24.3 Å². The van der Waals surface area contributed by atoms with Gasteiger partial charge in [-0.25, -0.2) is 22.2 Å². The minimum Gasteiger partial charge on any atom is -0.481 e. The fraction of sp³-hybridized carbons (Fsp3) is 0.458. The molecule has 13 heteroatoms. The zero-order chi connectivity index (χ0) is 26.9. The maximum absolute atomic E-state index is 16.2. The van der Waals surface area contributed by atoms with Crippen molar-refractivity contribution in [1.29, 1.82) is 0 Å². The number of hydrogen-bond acceptors (Lipinski definition) is 5. The molecular weight excluding hydrogens is 509 g/mol. The topological polar surface area (TPSA) is 73.1 Å². The molecule has 3 aromatic rings. The van der Waals surface area contributed by atoms with Gasteiger partial charge in [-0.2, -0.15) is 13.2 Å². The number of nitrogens with zero attached hydrogens (tertiary/aromatic N) is 4. The van der Waals surface area contributed by atoms with Crippen LogP contribution in [0.3, 0.4) is 0 Å². The smallest absolute Gasteiger partial charge is 0.425 e. The lowest BCUT2D eigenvalue weighted by atomic mass is 9.30. The van der Waals surface area contributed by atoms with E-state index in [-0.39, 0.29) is 25.0 Å². The molecule has 3 saturated carbocycles. The molecule has 2 atom stereocenters. The lowest BCUT2D eigenvalue weighted by Crippen LogP contribution is -2.76. The summed E-state index contributed by atoms with van der Waals surface area (Å²) in [6.45, 7) is -0.00486.